The van der Waals surface area contributed by atoms with E-state index in [9.17, 15) is 1.37 Å². The van der Waals surface area contributed by atoms with E-state index in [-0.39, 0.29) is 35.1 Å². The molecule has 0 fully saturated rings. The maximum Gasteiger partial charge on any atom is 0.137 e. The molecule has 57 heavy (non-hydrogen) atoms. The predicted octanol–water partition coefficient (Wildman–Crippen LogP) is 14.0. The van der Waals surface area contributed by atoms with E-state index < -0.39 is 6.85 Å². The van der Waals surface area contributed by atoms with Gasteiger partial charge in [0.1, 0.15) is 24.0 Å². The number of fused-ring (bicyclic) bond motifs is 4. The SMILES string of the molecule is [2H]c1nc(-n2c3ccccc3c3ccc(Oc4cccc(N5CN(c6c(-c7ccccc7)cccc6-c6ccccc6)c6ccccc65)c4)cc32)c([2H])c(C([2H])([2H])[2H])c1C(C)C. The van der Waals surface area contributed by atoms with Gasteiger partial charge < -0.3 is 14.5 Å². The Bertz CT molecular complexity index is 3090. The lowest BCUT2D eigenvalue weighted by molar-refractivity contribution is 0.483. The Morgan fingerprint density at radius 1 is 0.614 bits per heavy atom. The predicted molar refractivity (Wildman–Crippen MR) is 237 cm³/mol. The number of nitrogens with zero attached hydrogens (tertiary/aromatic N) is 4. The van der Waals surface area contributed by atoms with Gasteiger partial charge in [0.15, 0.2) is 0 Å². The third-order valence-corrected chi connectivity index (χ3v) is 10.8. The second-order valence-electron chi connectivity index (χ2n) is 14.7. The first-order valence-electron chi connectivity index (χ1n) is 21.8. The van der Waals surface area contributed by atoms with Crippen molar-refractivity contribution in [1.82, 2.24) is 9.55 Å². The molecule has 276 valence electrons. The fraction of sp³-hybridized carbons (Fsp3) is 0.0962. The van der Waals surface area contributed by atoms with Crippen molar-refractivity contribution in [3.8, 4) is 39.6 Å². The summed E-state index contributed by atoms with van der Waals surface area (Å²) in [7, 11) is 0. The lowest BCUT2D eigenvalue weighted by Crippen LogP contribution is -2.24. The largest absolute Gasteiger partial charge is 0.457 e. The van der Waals surface area contributed by atoms with Gasteiger partial charge in [-0.05, 0) is 83.5 Å². The normalized spacial score (nSPS) is 14.0. The molecule has 0 bridgehead atoms. The van der Waals surface area contributed by atoms with Crippen molar-refractivity contribution < 1.29 is 11.6 Å². The average Bonchev–Trinajstić information content (AvgIpc) is 3.83. The monoisotopic (exact) mass is 743 g/mol. The van der Waals surface area contributed by atoms with Crippen LogP contribution in [0.2, 0.25) is 0 Å². The molecule has 0 unspecified atom stereocenters. The first kappa shape index (κ1) is 29.2. The molecule has 0 aliphatic carbocycles. The summed E-state index contributed by atoms with van der Waals surface area (Å²) in [4.78, 5) is 9.33. The summed E-state index contributed by atoms with van der Waals surface area (Å²) in [6.45, 7) is 1.61. The maximum absolute atomic E-state index is 9.26. The van der Waals surface area contributed by atoms with Crippen molar-refractivity contribution >= 4 is 44.6 Å². The molecule has 0 atom stereocenters. The van der Waals surface area contributed by atoms with Crippen molar-refractivity contribution in [2.45, 2.75) is 26.6 Å². The Morgan fingerprint density at radius 2 is 1.25 bits per heavy atom. The Morgan fingerprint density at radius 3 is 1.96 bits per heavy atom. The number of para-hydroxylation sites is 4. The molecule has 0 saturated carbocycles. The fourth-order valence-corrected chi connectivity index (χ4v) is 8.15. The number of rotatable bonds is 8. The van der Waals surface area contributed by atoms with Crippen LogP contribution >= 0.6 is 0 Å². The first-order chi connectivity index (χ1) is 30.1. The number of aromatic nitrogens is 2. The third-order valence-electron chi connectivity index (χ3n) is 10.8. The molecule has 3 heterocycles. The minimum absolute atomic E-state index is 0.0948. The van der Waals surface area contributed by atoms with E-state index >= 15 is 0 Å². The van der Waals surface area contributed by atoms with Gasteiger partial charge in [-0.1, -0.05) is 129 Å². The van der Waals surface area contributed by atoms with Crippen LogP contribution in [0.3, 0.4) is 0 Å². The van der Waals surface area contributed by atoms with Crippen LogP contribution in [-0.4, -0.2) is 16.2 Å². The number of benzene rings is 7. The Hall–Kier alpha value is -7.11. The standard InChI is InChI=1S/C52H42N4O/c1-35(2)46-33-53-51(30-36(46)3)56-47-25-11-10-22-44(47)45-29-28-41(32-50(45)56)57-40-21-14-20-39(31-40)54-34-55(49-27-13-12-26-48(49)54)52-42(37-16-6-4-7-17-37)23-15-24-43(52)38-18-8-5-9-19-38/h4-33,35H,34H2,1-3H3/i3D3,30D,33D. The maximum atomic E-state index is 9.26. The van der Waals surface area contributed by atoms with Crippen LogP contribution in [0.1, 0.15) is 37.7 Å². The highest BCUT2D eigenvalue weighted by molar-refractivity contribution is 6.09. The van der Waals surface area contributed by atoms with Crippen LogP contribution in [0.5, 0.6) is 11.5 Å². The topological polar surface area (TPSA) is 33.5 Å². The summed E-state index contributed by atoms with van der Waals surface area (Å²) in [5.74, 6) is 0.983. The van der Waals surface area contributed by atoms with Crippen LogP contribution in [-0.2, 0) is 0 Å². The lowest BCUT2D eigenvalue weighted by atomic mass is 9.95. The number of hydrogen-bond donors (Lipinski definition) is 0. The summed E-state index contributed by atoms with van der Waals surface area (Å²) in [6.07, 6.45) is -0.144. The molecule has 2 aromatic heterocycles. The zero-order chi connectivity index (χ0) is 42.7. The molecular formula is C52H42N4O. The quantitative estimate of drug-likeness (QED) is 0.155. The van der Waals surface area contributed by atoms with E-state index in [0.717, 1.165) is 61.3 Å². The highest BCUT2D eigenvalue weighted by Crippen LogP contribution is 2.50. The van der Waals surface area contributed by atoms with Crippen molar-refractivity contribution in [2.24, 2.45) is 0 Å². The third kappa shape index (κ3) is 6.09. The number of hydrogen-bond acceptors (Lipinski definition) is 4. The molecule has 0 saturated heterocycles. The van der Waals surface area contributed by atoms with Gasteiger partial charge in [-0.2, -0.15) is 0 Å². The van der Waals surface area contributed by atoms with Crippen molar-refractivity contribution in [3.05, 3.63) is 193 Å². The number of anilines is 4. The molecule has 0 radical (unpaired) electrons. The summed E-state index contributed by atoms with van der Waals surface area (Å²) in [6, 6.07) is 57.5. The van der Waals surface area contributed by atoms with Crippen molar-refractivity contribution in [2.75, 3.05) is 16.5 Å². The zero-order valence-electron chi connectivity index (χ0n) is 36.6. The van der Waals surface area contributed by atoms with Gasteiger partial charge in [0.25, 0.3) is 0 Å². The molecule has 1 aliphatic heterocycles. The highest BCUT2D eigenvalue weighted by atomic mass is 16.5. The van der Waals surface area contributed by atoms with Gasteiger partial charge in [-0.3, -0.25) is 4.57 Å². The minimum atomic E-state index is -2.61. The van der Waals surface area contributed by atoms with Gasteiger partial charge in [0, 0.05) is 50.0 Å². The second kappa shape index (κ2) is 14.2. The second-order valence-corrected chi connectivity index (χ2v) is 14.7. The Balaban J connectivity index is 1.05. The van der Waals surface area contributed by atoms with Crippen LogP contribution < -0.4 is 14.5 Å². The molecule has 7 aromatic carbocycles. The molecule has 10 rings (SSSR count). The highest BCUT2D eigenvalue weighted by Gasteiger charge is 2.31. The molecular weight excluding hydrogens is 697 g/mol. The van der Waals surface area contributed by atoms with Crippen molar-refractivity contribution in [1.29, 1.82) is 0 Å². The van der Waals surface area contributed by atoms with E-state index in [4.69, 9.17) is 10.2 Å². The van der Waals surface area contributed by atoms with Crippen LogP contribution in [0, 0.1) is 6.85 Å². The molecule has 0 N–H and O–H groups in total. The fourth-order valence-electron chi connectivity index (χ4n) is 8.15. The molecule has 0 amide bonds. The van der Waals surface area contributed by atoms with Crippen LogP contribution in [0.4, 0.5) is 22.7 Å². The van der Waals surface area contributed by atoms with Gasteiger partial charge in [0.05, 0.1) is 30.8 Å². The zero-order valence-corrected chi connectivity index (χ0v) is 31.6. The first-order valence-corrected chi connectivity index (χ1v) is 19.3. The Kier molecular flexibility index (Phi) is 7.27. The molecule has 5 heteroatoms. The van der Waals surface area contributed by atoms with Crippen LogP contribution in [0.15, 0.2) is 182 Å². The van der Waals surface area contributed by atoms with Crippen molar-refractivity contribution in [3.63, 3.8) is 0 Å². The number of ether oxygens (including phenoxy) is 1. The van der Waals surface area contributed by atoms with Gasteiger partial charge in [-0.25, -0.2) is 4.98 Å². The Labute approximate surface area is 340 Å². The van der Waals surface area contributed by atoms with Crippen LogP contribution in [0.25, 0.3) is 49.9 Å². The van der Waals surface area contributed by atoms with E-state index in [1.165, 1.54) is 0 Å². The van der Waals surface area contributed by atoms with E-state index in [1.807, 2.05) is 86.6 Å². The van der Waals surface area contributed by atoms with Gasteiger partial charge >= 0.3 is 0 Å². The molecule has 9 aromatic rings. The molecule has 1 aliphatic rings. The average molecular weight is 744 g/mol. The molecule has 5 nitrogen and oxygen atoms in total. The van der Waals surface area contributed by atoms with Gasteiger partial charge in [0.2, 0.25) is 0 Å². The number of pyridine rings is 1. The van der Waals surface area contributed by atoms with E-state index in [1.54, 1.807) is 4.57 Å². The smallest absolute Gasteiger partial charge is 0.137 e. The van der Waals surface area contributed by atoms with Gasteiger partial charge in [-0.15, -0.1) is 0 Å². The summed E-state index contributed by atoms with van der Waals surface area (Å²) < 4.78 is 51.7. The lowest BCUT2D eigenvalue weighted by Gasteiger charge is -2.27. The summed E-state index contributed by atoms with van der Waals surface area (Å²) in [5.41, 5.74) is 10.4. The molecule has 0 spiro atoms. The minimum Gasteiger partial charge on any atom is -0.457 e. The van der Waals surface area contributed by atoms with E-state index in [2.05, 4.69) is 112 Å². The van der Waals surface area contributed by atoms with E-state index in [0.29, 0.717) is 23.7 Å². The summed E-state index contributed by atoms with van der Waals surface area (Å²) >= 11 is 0. The summed E-state index contributed by atoms with van der Waals surface area (Å²) in [5, 5.41) is 1.80.